The van der Waals surface area contributed by atoms with Crippen LogP contribution in [0.15, 0.2) is 223 Å². The van der Waals surface area contributed by atoms with Crippen LogP contribution in [0.4, 0.5) is 0 Å². The Labute approximate surface area is 371 Å². The van der Waals surface area contributed by atoms with Crippen molar-refractivity contribution in [3.63, 3.8) is 0 Å². The van der Waals surface area contributed by atoms with Crippen LogP contribution in [-0.4, -0.2) is 18.3 Å². The highest BCUT2D eigenvalue weighted by atomic mass is 16.3. The molecule has 5 heterocycles. The first-order valence-electron chi connectivity index (χ1n) is 22.3. The van der Waals surface area contributed by atoms with E-state index >= 15 is 0 Å². The summed E-state index contributed by atoms with van der Waals surface area (Å²) in [6, 6.07) is 79.4. The molecule has 10 aromatic carbocycles. The Balaban J connectivity index is 0.937. The van der Waals surface area contributed by atoms with Crippen molar-refractivity contribution in [3.05, 3.63) is 218 Å². The molecule has 0 bridgehead atoms. The van der Waals surface area contributed by atoms with Crippen LogP contribution in [-0.2, 0) is 0 Å². The Morgan fingerprint density at radius 3 is 1.06 bits per heavy atom. The summed E-state index contributed by atoms with van der Waals surface area (Å²) in [6.07, 6.45) is 0. The van der Waals surface area contributed by atoms with Crippen LogP contribution in [0, 0.1) is 0 Å². The molecule has 65 heavy (non-hydrogen) atoms. The van der Waals surface area contributed by atoms with E-state index in [0.717, 1.165) is 55.7 Å². The molecule has 0 saturated heterocycles. The molecule has 5 nitrogen and oxygen atoms in total. The van der Waals surface area contributed by atoms with Crippen LogP contribution in [0.2, 0.25) is 0 Å². The highest BCUT2D eigenvalue weighted by Crippen LogP contribution is 2.43. The van der Waals surface area contributed by atoms with Crippen molar-refractivity contribution < 1.29 is 4.42 Å². The van der Waals surface area contributed by atoms with Gasteiger partial charge < -0.3 is 22.7 Å². The Bertz CT molecular complexity index is 4380. The van der Waals surface area contributed by atoms with Crippen molar-refractivity contribution in [2.24, 2.45) is 0 Å². The molecule has 0 saturated carbocycles. The van der Waals surface area contributed by atoms with Gasteiger partial charge in [0.25, 0.3) is 0 Å². The van der Waals surface area contributed by atoms with E-state index in [1.165, 1.54) is 76.2 Å². The van der Waals surface area contributed by atoms with E-state index < -0.39 is 0 Å². The maximum atomic E-state index is 6.99. The molecule has 0 radical (unpaired) electrons. The van der Waals surface area contributed by atoms with Crippen molar-refractivity contribution in [2.45, 2.75) is 0 Å². The van der Waals surface area contributed by atoms with E-state index in [9.17, 15) is 0 Å². The first-order valence-corrected chi connectivity index (χ1v) is 22.3. The van der Waals surface area contributed by atoms with Crippen LogP contribution >= 0.6 is 0 Å². The van der Waals surface area contributed by atoms with Gasteiger partial charge in [-0.3, -0.25) is 0 Å². The summed E-state index contributed by atoms with van der Waals surface area (Å²) in [5, 5.41) is 12.0. The summed E-state index contributed by atoms with van der Waals surface area (Å²) >= 11 is 0. The number of para-hydroxylation sites is 7. The second-order valence-electron chi connectivity index (χ2n) is 17.3. The van der Waals surface area contributed by atoms with Crippen LogP contribution < -0.4 is 0 Å². The fraction of sp³-hybridized carbons (Fsp3) is 0. The Morgan fingerprint density at radius 1 is 0.246 bits per heavy atom. The number of hydrogen-bond donors (Lipinski definition) is 0. The van der Waals surface area contributed by atoms with Crippen molar-refractivity contribution in [1.82, 2.24) is 18.3 Å². The first kappa shape index (κ1) is 34.7. The van der Waals surface area contributed by atoms with E-state index in [1.54, 1.807) is 0 Å². The molecule has 5 heteroatoms. The predicted octanol–water partition coefficient (Wildman–Crippen LogP) is 16.0. The zero-order chi connectivity index (χ0) is 42.3. The van der Waals surface area contributed by atoms with Gasteiger partial charge in [0.05, 0.1) is 60.9 Å². The molecule has 0 amide bonds. The Morgan fingerprint density at radius 2 is 0.585 bits per heavy atom. The minimum absolute atomic E-state index is 0.863. The third-order valence-corrected chi connectivity index (χ3v) is 14.0. The van der Waals surface area contributed by atoms with Crippen molar-refractivity contribution in [1.29, 1.82) is 0 Å². The first-order chi connectivity index (χ1) is 32.3. The van der Waals surface area contributed by atoms with Gasteiger partial charge in [-0.25, -0.2) is 0 Å². The van der Waals surface area contributed by atoms with E-state index in [1.807, 2.05) is 0 Å². The molecule has 0 fully saturated rings. The fourth-order valence-electron chi connectivity index (χ4n) is 11.3. The molecule has 0 atom stereocenters. The van der Waals surface area contributed by atoms with Crippen molar-refractivity contribution in [2.75, 3.05) is 0 Å². The maximum absolute atomic E-state index is 6.99. The minimum atomic E-state index is 0.863. The average Bonchev–Trinajstić information content (AvgIpc) is 4.17. The summed E-state index contributed by atoms with van der Waals surface area (Å²) in [6.45, 7) is 0. The Hall–Kier alpha value is -8.80. The van der Waals surface area contributed by atoms with Gasteiger partial charge in [-0.2, -0.15) is 0 Å². The molecular formula is C60H36N4O. The maximum Gasteiger partial charge on any atom is 0.159 e. The number of aromatic nitrogens is 4. The number of hydrogen-bond acceptors (Lipinski definition) is 1. The van der Waals surface area contributed by atoms with Gasteiger partial charge in [-0.1, -0.05) is 127 Å². The van der Waals surface area contributed by atoms with Gasteiger partial charge in [0.15, 0.2) is 5.58 Å². The number of rotatable bonds is 4. The number of furan rings is 1. The smallest absolute Gasteiger partial charge is 0.159 e. The molecule has 5 aromatic heterocycles. The summed E-state index contributed by atoms with van der Waals surface area (Å²) in [5.41, 5.74) is 15.5. The second kappa shape index (κ2) is 12.9. The van der Waals surface area contributed by atoms with Crippen LogP contribution in [0.1, 0.15) is 0 Å². The molecule has 0 aliphatic rings. The van der Waals surface area contributed by atoms with Crippen LogP contribution in [0.3, 0.4) is 0 Å². The molecule has 0 N–H and O–H groups in total. The van der Waals surface area contributed by atoms with E-state index in [0.29, 0.717) is 0 Å². The topological polar surface area (TPSA) is 32.9 Å². The van der Waals surface area contributed by atoms with Gasteiger partial charge >= 0.3 is 0 Å². The average molecular weight is 829 g/mol. The van der Waals surface area contributed by atoms with E-state index in [2.05, 4.69) is 237 Å². The molecule has 0 spiro atoms. The van der Waals surface area contributed by atoms with E-state index in [4.69, 9.17) is 4.42 Å². The number of benzene rings is 10. The molecule has 0 aliphatic heterocycles. The monoisotopic (exact) mass is 828 g/mol. The summed E-state index contributed by atoms with van der Waals surface area (Å²) < 4.78 is 16.6. The summed E-state index contributed by atoms with van der Waals surface area (Å²) in [7, 11) is 0. The SMILES string of the molecule is c1cc(-n2c3ccccc3c3ccccc32)c2c(c1)oc1c(-n3c4ccccc4c4cc(-n5c6ccccc6c6cc(-n7c8ccccc8c8ccccc87)ccc65)ccc43)cccc12. The van der Waals surface area contributed by atoms with Crippen molar-refractivity contribution in [3.8, 4) is 22.7 Å². The third-order valence-electron chi connectivity index (χ3n) is 14.0. The van der Waals surface area contributed by atoms with Gasteiger partial charge in [0.1, 0.15) is 5.58 Å². The molecular weight excluding hydrogens is 793 g/mol. The van der Waals surface area contributed by atoms with Crippen LogP contribution in [0.5, 0.6) is 0 Å². The summed E-state index contributed by atoms with van der Waals surface area (Å²) in [5.74, 6) is 0. The highest BCUT2D eigenvalue weighted by molar-refractivity contribution is 6.18. The molecule has 0 aliphatic carbocycles. The molecule has 302 valence electrons. The normalized spacial score (nSPS) is 12.3. The summed E-state index contributed by atoms with van der Waals surface area (Å²) in [4.78, 5) is 0. The van der Waals surface area contributed by atoms with Crippen LogP contribution in [0.25, 0.3) is 132 Å². The highest BCUT2D eigenvalue weighted by Gasteiger charge is 2.23. The van der Waals surface area contributed by atoms with Crippen molar-refractivity contribution >= 4 is 109 Å². The number of fused-ring (bicyclic) bond motifs is 15. The lowest BCUT2D eigenvalue weighted by Gasteiger charge is -2.12. The lowest BCUT2D eigenvalue weighted by Crippen LogP contribution is -1.97. The molecule has 15 rings (SSSR count). The van der Waals surface area contributed by atoms with Gasteiger partial charge in [0.2, 0.25) is 0 Å². The van der Waals surface area contributed by atoms with Gasteiger partial charge in [0, 0.05) is 59.9 Å². The second-order valence-corrected chi connectivity index (χ2v) is 17.3. The lowest BCUT2D eigenvalue weighted by molar-refractivity contribution is 0.666. The number of nitrogens with zero attached hydrogens (tertiary/aromatic N) is 4. The molecule has 0 unspecified atom stereocenters. The van der Waals surface area contributed by atoms with E-state index in [-0.39, 0.29) is 0 Å². The quantitative estimate of drug-likeness (QED) is 0.174. The Kier molecular flexibility index (Phi) is 6.89. The lowest BCUT2D eigenvalue weighted by atomic mass is 10.1. The zero-order valence-corrected chi connectivity index (χ0v) is 35.0. The van der Waals surface area contributed by atoms with Gasteiger partial charge in [-0.15, -0.1) is 0 Å². The van der Waals surface area contributed by atoms with Gasteiger partial charge in [-0.05, 0) is 91.0 Å². The fourth-order valence-corrected chi connectivity index (χ4v) is 11.3. The third kappa shape index (κ3) is 4.65. The molecule has 15 aromatic rings. The predicted molar refractivity (Wildman–Crippen MR) is 271 cm³/mol. The largest absolute Gasteiger partial charge is 0.454 e. The zero-order valence-electron chi connectivity index (χ0n) is 35.0. The minimum Gasteiger partial charge on any atom is -0.454 e. The standard InChI is InChI=1S/C60H36N4O/c1-7-22-48-39(15-1)40-16-2-8-23-49(40)61(48)37-31-33-54-46(35-37)43-19-5-9-24-50(43)62(54)38-32-34-55-47(36-38)44-20-6-12-27-53(44)64(55)57-29-13-21-45-59-56(28-14-30-58(59)65-60(45)57)63-51-25-10-3-17-41(51)42-18-4-11-26-52(42)63/h1-36H.